The third kappa shape index (κ3) is 31.5. The molecule has 0 saturated heterocycles. The van der Waals surface area contributed by atoms with Crippen LogP contribution in [-0.2, 0) is 4.79 Å². The molecular weight excluding hydrogens is 558 g/mol. The van der Waals surface area contributed by atoms with E-state index in [0.29, 0.717) is 12.8 Å². The average Bonchev–Trinajstić information content (AvgIpc) is 3.04. The van der Waals surface area contributed by atoms with Gasteiger partial charge in [0.2, 0.25) is 5.91 Å². The van der Waals surface area contributed by atoms with Crippen LogP contribution in [-0.4, -0.2) is 46.1 Å². The molecule has 0 aliphatic rings. The van der Waals surface area contributed by atoms with E-state index in [1.54, 1.807) is 0 Å². The van der Waals surface area contributed by atoms with Crippen LogP contribution >= 0.6 is 0 Å². The van der Waals surface area contributed by atoms with Gasteiger partial charge >= 0.3 is 0 Å². The van der Waals surface area contributed by atoms with E-state index in [4.69, 9.17) is 0 Å². The van der Waals surface area contributed by atoms with Gasteiger partial charge in [-0.05, 0) is 38.5 Å². The number of allylic oxidation sites excluding steroid dienone is 2. The molecular formula is C40H79NO4. The van der Waals surface area contributed by atoms with Crippen molar-refractivity contribution in [2.75, 3.05) is 6.61 Å². The third-order valence-electron chi connectivity index (χ3n) is 9.38. The Morgan fingerprint density at radius 2 is 0.844 bits per heavy atom. The van der Waals surface area contributed by atoms with E-state index in [9.17, 15) is 20.1 Å². The Bertz CT molecular complexity index is 625. The van der Waals surface area contributed by atoms with Gasteiger partial charge in [-0.1, -0.05) is 187 Å². The van der Waals surface area contributed by atoms with Crippen LogP contribution in [0, 0.1) is 0 Å². The Labute approximate surface area is 280 Å². The molecule has 0 aromatic heterocycles. The zero-order chi connectivity index (χ0) is 33.1. The summed E-state index contributed by atoms with van der Waals surface area (Å²) in [6, 6.07) is -0.711. The number of carbonyl (C=O) groups is 1. The summed E-state index contributed by atoms with van der Waals surface area (Å²) in [6.45, 7) is 4.19. The number of unbranched alkanes of at least 4 members (excludes halogenated alkanes) is 26. The van der Waals surface area contributed by atoms with Gasteiger partial charge in [0, 0.05) is 0 Å². The van der Waals surface area contributed by atoms with Crippen LogP contribution in [0.4, 0.5) is 0 Å². The van der Waals surface area contributed by atoms with E-state index in [1.807, 2.05) is 0 Å². The van der Waals surface area contributed by atoms with Gasteiger partial charge in [-0.15, -0.1) is 0 Å². The monoisotopic (exact) mass is 638 g/mol. The standard InChI is InChI=1S/C40H79NO4/c1-3-5-7-9-11-13-15-16-17-18-19-20-21-22-23-25-26-28-30-32-34-38(43)37(36-42)41-40(45)39(44)35-33-31-29-27-24-14-12-10-8-6-4-2/h12,14,37-39,42-44H,3-11,13,15-36H2,1-2H3,(H,41,45)/b14-12-. The highest BCUT2D eigenvalue weighted by atomic mass is 16.3. The van der Waals surface area contributed by atoms with Crippen molar-refractivity contribution in [3.63, 3.8) is 0 Å². The van der Waals surface area contributed by atoms with E-state index in [-0.39, 0.29) is 6.61 Å². The number of hydrogen-bond acceptors (Lipinski definition) is 4. The quantitative estimate of drug-likeness (QED) is 0.0406. The van der Waals surface area contributed by atoms with Crippen LogP contribution in [0.25, 0.3) is 0 Å². The first-order valence-corrected chi connectivity index (χ1v) is 20.0. The van der Waals surface area contributed by atoms with Crippen molar-refractivity contribution < 1.29 is 20.1 Å². The Kier molecular flexibility index (Phi) is 35.2. The minimum atomic E-state index is -1.08. The first-order chi connectivity index (χ1) is 22.1. The second-order valence-corrected chi connectivity index (χ2v) is 13.8. The SMILES string of the molecule is CCCCC/C=C\CCCCCCC(O)C(=O)NC(CO)C(O)CCCCCCCCCCCCCCCCCCCCCC. The molecule has 45 heavy (non-hydrogen) atoms. The molecule has 0 aromatic rings. The highest BCUT2D eigenvalue weighted by Gasteiger charge is 2.23. The van der Waals surface area contributed by atoms with Crippen LogP contribution in [0.2, 0.25) is 0 Å². The van der Waals surface area contributed by atoms with Crippen LogP contribution in [0.5, 0.6) is 0 Å². The summed E-state index contributed by atoms with van der Waals surface area (Å²) < 4.78 is 0. The first-order valence-electron chi connectivity index (χ1n) is 20.0. The Morgan fingerprint density at radius 3 is 1.27 bits per heavy atom. The molecule has 3 atom stereocenters. The zero-order valence-corrected chi connectivity index (χ0v) is 30.3. The Morgan fingerprint density at radius 1 is 0.511 bits per heavy atom. The predicted octanol–water partition coefficient (Wildman–Crippen LogP) is 10.9. The van der Waals surface area contributed by atoms with Crippen LogP contribution < -0.4 is 5.32 Å². The molecule has 0 aliphatic heterocycles. The van der Waals surface area contributed by atoms with Gasteiger partial charge < -0.3 is 20.6 Å². The molecule has 0 bridgehead atoms. The minimum Gasteiger partial charge on any atom is -0.394 e. The number of aliphatic hydroxyl groups is 3. The topological polar surface area (TPSA) is 89.8 Å². The van der Waals surface area contributed by atoms with Gasteiger partial charge in [-0.2, -0.15) is 0 Å². The lowest BCUT2D eigenvalue weighted by Gasteiger charge is -2.23. The largest absolute Gasteiger partial charge is 0.394 e. The van der Waals surface area contributed by atoms with Crippen LogP contribution in [0.3, 0.4) is 0 Å². The molecule has 0 aliphatic carbocycles. The van der Waals surface area contributed by atoms with Crippen LogP contribution in [0.15, 0.2) is 12.2 Å². The van der Waals surface area contributed by atoms with Crippen molar-refractivity contribution in [2.45, 2.75) is 231 Å². The number of aliphatic hydroxyl groups excluding tert-OH is 3. The maximum atomic E-state index is 12.4. The number of carbonyl (C=O) groups excluding carboxylic acids is 1. The van der Waals surface area contributed by atoms with Gasteiger partial charge in [0.25, 0.3) is 0 Å². The lowest BCUT2D eigenvalue weighted by molar-refractivity contribution is -0.131. The minimum absolute atomic E-state index is 0.315. The van der Waals surface area contributed by atoms with Crippen molar-refractivity contribution in [1.82, 2.24) is 5.32 Å². The fourth-order valence-electron chi connectivity index (χ4n) is 6.18. The normalized spacial score (nSPS) is 13.8. The van der Waals surface area contributed by atoms with E-state index >= 15 is 0 Å². The molecule has 0 heterocycles. The van der Waals surface area contributed by atoms with E-state index in [2.05, 4.69) is 31.3 Å². The summed E-state index contributed by atoms with van der Waals surface area (Å²) in [4.78, 5) is 12.4. The number of nitrogens with one attached hydrogen (secondary N) is 1. The first kappa shape index (κ1) is 44.1. The second kappa shape index (κ2) is 35.9. The van der Waals surface area contributed by atoms with Gasteiger partial charge in [0.05, 0.1) is 18.8 Å². The van der Waals surface area contributed by atoms with E-state index < -0.39 is 24.2 Å². The predicted molar refractivity (Wildman–Crippen MR) is 195 cm³/mol. The summed E-state index contributed by atoms with van der Waals surface area (Å²) in [5, 5.41) is 33.1. The van der Waals surface area contributed by atoms with Gasteiger partial charge in [0.1, 0.15) is 6.10 Å². The highest BCUT2D eigenvalue weighted by molar-refractivity contribution is 5.80. The lowest BCUT2D eigenvalue weighted by atomic mass is 10.0. The van der Waals surface area contributed by atoms with Gasteiger partial charge in [-0.25, -0.2) is 0 Å². The second-order valence-electron chi connectivity index (χ2n) is 13.8. The van der Waals surface area contributed by atoms with Crippen molar-refractivity contribution in [3.05, 3.63) is 12.2 Å². The maximum Gasteiger partial charge on any atom is 0.249 e. The summed E-state index contributed by atoms with van der Waals surface area (Å²) >= 11 is 0. The van der Waals surface area contributed by atoms with Crippen molar-refractivity contribution in [3.8, 4) is 0 Å². The van der Waals surface area contributed by atoms with Crippen molar-refractivity contribution in [2.24, 2.45) is 0 Å². The molecule has 0 spiro atoms. The Hall–Kier alpha value is -0.910. The summed E-state index contributed by atoms with van der Waals surface area (Å²) in [7, 11) is 0. The molecule has 5 nitrogen and oxygen atoms in total. The number of hydrogen-bond donors (Lipinski definition) is 4. The summed E-state index contributed by atoms with van der Waals surface area (Å²) in [6.07, 6.45) is 40.6. The zero-order valence-electron chi connectivity index (χ0n) is 30.3. The maximum absolute atomic E-state index is 12.4. The molecule has 0 rings (SSSR count). The van der Waals surface area contributed by atoms with Crippen LogP contribution in [0.1, 0.15) is 213 Å². The molecule has 4 N–H and O–H groups in total. The van der Waals surface area contributed by atoms with Gasteiger partial charge in [-0.3, -0.25) is 4.79 Å². The van der Waals surface area contributed by atoms with Gasteiger partial charge in [0.15, 0.2) is 0 Å². The molecule has 0 aromatic carbocycles. The number of rotatable bonds is 36. The molecule has 0 saturated carbocycles. The van der Waals surface area contributed by atoms with Crippen molar-refractivity contribution in [1.29, 1.82) is 0 Å². The van der Waals surface area contributed by atoms with E-state index in [0.717, 1.165) is 44.9 Å². The lowest BCUT2D eigenvalue weighted by Crippen LogP contribution is -2.49. The van der Waals surface area contributed by atoms with Crippen molar-refractivity contribution >= 4 is 5.91 Å². The fraction of sp³-hybridized carbons (Fsp3) is 0.925. The summed E-state index contributed by atoms with van der Waals surface area (Å²) in [5.41, 5.74) is 0. The smallest absolute Gasteiger partial charge is 0.249 e. The number of amides is 1. The average molecular weight is 638 g/mol. The molecule has 0 fully saturated rings. The molecule has 0 radical (unpaired) electrons. The molecule has 1 amide bonds. The van der Waals surface area contributed by atoms with E-state index in [1.165, 1.54) is 141 Å². The summed E-state index contributed by atoms with van der Waals surface area (Å²) in [5.74, 6) is -0.480. The molecule has 3 unspecified atom stereocenters. The highest BCUT2D eigenvalue weighted by Crippen LogP contribution is 2.16. The fourth-order valence-corrected chi connectivity index (χ4v) is 6.18. The molecule has 268 valence electrons. The molecule has 5 heteroatoms. The Balaban J connectivity index is 3.61. The third-order valence-corrected chi connectivity index (χ3v) is 9.38.